The fraction of sp³-hybridized carbons (Fsp3) is 0.727. The van der Waals surface area contributed by atoms with Crippen LogP contribution in [0.15, 0.2) is 35.5 Å². The first-order chi connectivity index (χ1) is 11.3. The predicted molar refractivity (Wildman–Crippen MR) is 115 cm³/mol. The van der Waals surface area contributed by atoms with E-state index >= 15 is 0 Å². The number of allylic oxidation sites excluding steroid dienone is 3. The quantitative estimate of drug-likeness (QED) is 0.341. The Morgan fingerprint density at radius 3 is 2.12 bits per heavy atom. The summed E-state index contributed by atoms with van der Waals surface area (Å²) in [6.07, 6.45) is 8.14. The van der Waals surface area contributed by atoms with Gasteiger partial charge in [0.15, 0.2) is 8.32 Å². The van der Waals surface area contributed by atoms with Gasteiger partial charge < -0.3 is 9.53 Å². The molecule has 0 aromatic rings. The monoisotopic (exact) mass is 366 g/mol. The molecule has 0 fully saturated rings. The zero-order chi connectivity index (χ0) is 19.8. The van der Waals surface area contributed by atoms with Gasteiger partial charge in [-0.2, -0.15) is 0 Å². The molecule has 0 aliphatic rings. The van der Waals surface area contributed by atoms with Gasteiger partial charge >= 0.3 is 0 Å². The van der Waals surface area contributed by atoms with Crippen LogP contribution in [-0.4, -0.2) is 25.6 Å². The second kappa shape index (κ2) is 10.5. The molecule has 0 aromatic heterocycles. The smallest absolute Gasteiger partial charge is 0.192 e. The van der Waals surface area contributed by atoms with Crippen molar-refractivity contribution in [1.29, 1.82) is 0 Å². The summed E-state index contributed by atoms with van der Waals surface area (Å²) in [7, 11) is -1.77. The number of rotatable bonds is 10. The molecule has 0 bridgehead atoms. The summed E-state index contributed by atoms with van der Waals surface area (Å²) in [6.45, 7) is 23.8. The summed E-state index contributed by atoms with van der Waals surface area (Å²) in [5.74, 6) is 0. The molecule has 0 radical (unpaired) electrons. The first-order valence-electron chi connectivity index (χ1n) is 9.60. The lowest BCUT2D eigenvalue weighted by Crippen LogP contribution is -2.44. The van der Waals surface area contributed by atoms with Crippen LogP contribution in [0.1, 0.15) is 74.1 Å². The first kappa shape index (κ1) is 24.4. The third kappa shape index (κ3) is 10.2. The zero-order valence-electron chi connectivity index (χ0n) is 18.2. The van der Waals surface area contributed by atoms with Gasteiger partial charge in [-0.25, -0.2) is 0 Å². The zero-order valence-corrected chi connectivity index (χ0v) is 19.2. The molecule has 0 spiro atoms. The highest BCUT2D eigenvalue weighted by molar-refractivity contribution is 6.74. The topological polar surface area (TPSA) is 29.5 Å². The van der Waals surface area contributed by atoms with Gasteiger partial charge in [0.25, 0.3) is 0 Å². The number of aliphatic hydroxyl groups excluding tert-OH is 1. The Labute approximate surface area is 158 Å². The van der Waals surface area contributed by atoms with Crippen LogP contribution in [-0.2, 0) is 4.43 Å². The largest absolute Gasteiger partial charge is 0.410 e. The summed E-state index contributed by atoms with van der Waals surface area (Å²) < 4.78 is 6.58. The maximum atomic E-state index is 9.37. The Morgan fingerprint density at radius 1 is 1.12 bits per heavy atom. The molecule has 1 N–H and O–H groups in total. The lowest BCUT2D eigenvalue weighted by molar-refractivity contribution is 0.204. The van der Waals surface area contributed by atoms with E-state index in [9.17, 15) is 5.11 Å². The molecule has 0 heterocycles. The van der Waals surface area contributed by atoms with Gasteiger partial charge in [0.2, 0.25) is 0 Å². The molecule has 0 amide bonds. The fourth-order valence-corrected chi connectivity index (χ4v) is 3.82. The lowest BCUT2D eigenvalue weighted by atomic mass is 10.0. The Kier molecular flexibility index (Phi) is 10.2. The van der Waals surface area contributed by atoms with Crippen LogP contribution in [0.5, 0.6) is 0 Å². The van der Waals surface area contributed by atoms with Crippen LogP contribution < -0.4 is 0 Å². The molecule has 0 aliphatic carbocycles. The van der Waals surface area contributed by atoms with Crippen molar-refractivity contribution in [2.24, 2.45) is 0 Å². The highest BCUT2D eigenvalue weighted by atomic mass is 28.4. The molecule has 25 heavy (non-hydrogen) atoms. The standard InChI is InChI=1S/C22H42O2Si/c1-17(2)21(24-25(9,10)22(6,7)8)15-14-18(3)12-11-13-19(4)16-20(5)23/h12,16,20-21,23H,1,11,13-15H2,2-10H3/b18-12+,19-16?. The normalized spacial score (nSPS) is 16.7. The highest BCUT2D eigenvalue weighted by Crippen LogP contribution is 2.38. The number of aliphatic hydroxyl groups is 1. The third-order valence-electron chi connectivity index (χ3n) is 5.15. The van der Waals surface area contributed by atoms with Crippen LogP contribution in [0.3, 0.4) is 0 Å². The van der Waals surface area contributed by atoms with Crippen LogP contribution in [0.4, 0.5) is 0 Å². The molecule has 2 nitrogen and oxygen atoms in total. The minimum atomic E-state index is -1.77. The van der Waals surface area contributed by atoms with E-state index in [1.54, 1.807) is 6.92 Å². The van der Waals surface area contributed by atoms with Crippen molar-refractivity contribution in [3.63, 3.8) is 0 Å². The molecule has 2 atom stereocenters. The molecule has 0 saturated carbocycles. The molecule has 2 unspecified atom stereocenters. The van der Waals surface area contributed by atoms with Gasteiger partial charge in [0.1, 0.15) is 0 Å². The van der Waals surface area contributed by atoms with Gasteiger partial charge in [-0.3, -0.25) is 0 Å². The lowest BCUT2D eigenvalue weighted by Gasteiger charge is -2.39. The van der Waals surface area contributed by atoms with Crippen molar-refractivity contribution in [3.8, 4) is 0 Å². The van der Waals surface area contributed by atoms with E-state index in [4.69, 9.17) is 4.43 Å². The van der Waals surface area contributed by atoms with Crippen LogP contribution in [0.25, 0.3) is 0 Å². The van der Waals surface area contributed by atoms with Crippen molar-refractivity contribution in [3.05, 3.63) is 35.5 Å². The fourth-order valence-electron chi connectivity index (χ4n) is 2.44. The van der Waals surface area contributed by atoms with Gasteiger partial charge in [-0.15, -0.1) is 0 Å². The molecular weight excluding hydrogens is 324 g/mol. The maximum absolute atomic E-state index is 9.37. The van der Waals surface area contributed by atoms with E-state index in [0.717, 1.165) is 31.3 Å². The van der Waals surface area contributed by atoms with Crippen molar-refractivity contribution in [1.82, 2.24) is 0 Å². The maximum Gasteiger partial charge on any atom is 0.192 e. The van der Waals surface area contributed by atoms with Gasteiger partial charge in [-0.1, -0.05) is 56.2 Å². The Hall–Kier alpha value is -0.643. The highest BCUT2D eigenvalue weighted by Gasteiger charge is 2.39. The van der Waals surface area contributed by atoms with E-state index in [2.05, 4.69) is 67.3 Å². The van der Waals surface area contributed by atoms with E-state index in [-0.39, 0.29) is 17.2 Å². The van der Waals surface area contributed by atoms with E-state index < -0.39 is 8.32 Å². The molecule has 3 heteroatoms. The molecule has 146 valence electrons. The summed E-state index contributed by atoms with van der Waals surface area (Å²) in [5, 5.41) is 9.59. The predicted octanol–water partition coefficient (Wildman–Crippen LogP) is 6.79. The molecule has 0 aromatic carbocycles. The van der Waals surface area contributed by atoms with Crippen molar-refractivity contribution in [2.45, 2.75) is 104 Å². The summed E-state index contributed by atoms with van der Waals surface area (Å²) in [4.78, 5) is 0. The summed E-state index contributed by atoms with van der Waals surface area (Å²) in [6, 6.07) is 0. The first-order valence-corrected chi connectivity index (χ1v) is 12.5. The van der Waals surface area contributed by atoms with Crippen LogP contribution in [0.2, 0.25) is 18.1 Å². The summed E-state index contributed by atoms with van der Waals surface area (Å²) in [5.41, 5.74) is 3.79. The molecular formula is C22H42O2Si. The average Bonchev–Trinajstić information content (AvgIpc) is 2.40. The number of hydrogen-bond acceptors (Lipinski definition) is 2. The Balaban J connectivity index is 4.62. The Morgan fingerprint density at radius 2 is 1.68 bits per heavy atom. The van der Waals surface area contributed by atoms with Gasteiger partial charge in [-0.05, 0) is 71.5 Å². The molecule has 0 aliphatic heterocycles. The molecule has 0 saturated heterocycles. The minimum absolute atomic E-state index is 0.154. The van der Waals surface area contributed by atoms with E-state index in [1.807, 2.05) is 6.08 Å². The Bertz CT molecular complexity index is 479. The van der Waals surface area contributed by atoms with Crippen molar-refractivity contribution < 1.29 is 9.53 Å². The second-order valence-electron chi connectivity index (χ2n) is 9.09. The third-order valence-corrected chi connectivity index (χ3v) is 9.64. The second-order valence-corrected chi connectivity index (χ2v) is 13.9. The van der Waals surface area contributed by atoms with Crippen LogP contribution >= 0.6 is 0 Å². The average molecular weight is 367 g/mol. The van der Waals surface area contributed by atoms with Gasteiger partial charge in [0, 0.05) is 0 Å². The SMILES string of the molecule is C=C(C)C(CC/C(C)=C/CCC(C)=CC(C)O)O[Si](C)(C)C(C)(C)C. The van der Waals surface area contributed by atoms with E-state index in [1.165, 1.54) is 11.1 Å². The van der Waals surface area contributed by atoms with E-state index in [0.29, 0.717) is 0 Å². The number of hydrogen-bond donors (Lipinski definition) is 1. The van der Waals surface area contributed by atoms with Crippen molar-refractivity contribution >= 4 is 8.32 Å². The van der Waals surface area contributed by atoms with Crippen LogP contribution in [0, 0.1) is 0 Å². The molecule has 0 rings (SSSR count). The van der Waals surface area contributed by atoms with Gasteiger partial charge in [0.05, 0.1) is 12.2 Å². The summed E-state index contributed by atoms with van der Waals surface area (Å²) >= 11 is 0. The minimum Gasteiger partial charge on any atom is -0.410 e. The van der Waals surface area contributed by atoms with Crippen molar-refractivity contribution in [2.75, 3.05) is 0 Å².